The molecular weight excluding hydrogens is 204 g/mol. The second-order valence-electron chi connectivity index (χ2n) is 4.04. The third kappa shape index (κ3) is 7.63. The van der Waals surface area contributed by atoms with E-state index in [1.165, 1.54) is 0 Å². The molecule has 0 amide bonds. The zero-order valence-electron chi connectivity index (χ0n) is 10.7. The predicted octanol–water partition coefficient (Wildman–Crippen LogP) is 1.71. The standard InChI is InChI=1S/C12H24N2O2/c1-4-14-12(2,11-13)7-5-9-16-10-6-8-15-3/h14H,4-10H2,1-3H3. The van der Waals surface area contributed by atoms with E-state index in [-0.39, 0.29) is 0 Å². The molecule has 0 aliphatic rings. The maximum Gasteiger partial charge on any atom is 0.104 e. The van der Waals surface area contributed by atoms with Crippen LogP contribution in [0, 0.1) is 11.3 Å². The van der Waals surface area contributed by atoms with Crippen molar-refractivity contribution in [3.05, 3.63) is 0 Å². The van der Waals surface area contributed by atoms with Crippen LogP contribution in [0.25, 0.3) is 0 Å². The highest BCUT2D eigenvalue weighted by molar-refractivity contribution is 5.03. The molecule has 0 fully saturated rings. The molecule has 1 unspecified atom stereocenters. The number of methoxy groups -OCH3 is 1. The van der Waals surface area contributed by atoms with Gasteiger partial charge >= 0.3 is 0 Å². The molecule has 1 N–H and O–H groups in total. The predicted molar refractivity (Wildman–Crippen MR) is 64.2 cm³/mol. The van der Waals surface area contributed by atoms with Crippen molar-refractivity contribution in [1.29, 1.82) is 5.26 Å². The minimum absolute atomic E-state index is 0.412. The zero-order chi connectivity index (χ0) is 12.3. The average Bonchev–Trinajstić information content (AvgIpc) is 2.28. The number of nitrogens with one attached hydrogen (secondary N) is 1. The molecule has 16 heavy (non-hydrogen) atoms. The molecule has 0 aliphatic heterocycles. The third-order valence-electron chi connectivity index (χ3n) is 2.42. The Labute approximate surface area is 98.9 Å². The largest absolute Gasteiger partial charge is 0.385 e. The van der Waals surface area contributed by atoms with Gasteiger partial charge in [-0.25, -0.2) is 0 Å². The Morgan fingerprint density at radius 2 is 1.94 bits per heavy atom. The molecule has 0 aliphatic carbocycles. The molecule has 0 rings (SSSR count). The fourth-order valence-corrected chi connectivity index (χ4v) is 1.51. The Balaban J connectivity index is 3.46. The number of rotatable bonds is 10. The highest BCUT2D eigenvalue weighted by Crippen LogP contribution is 2.10. The van der Waals surface area contributed by atoms with E-state index < -0.39 is 5.54 Å². The van der Waals surface area contributed by atoms with Gasteiger partial charge in [-0.15, -0.1) is 0 Å². The van der Waals surface area contributed by atoms with E-state index in [2.05, 4.69) is 11.4 Å². The van der Waals surface area contributed by atoms with Gasteiger partial charge in [-0.05, 0) is 32.7 Å². The van der Waals surface area contributed by atoms with Crippen LogP contribution in [0.4, 0.5) is 0 Å². The number of hydrogen-bond donors (Lipinski definition) is 1. The fraction of sp³-hybridized carbons (Fsp3) is 0.917. The lowest BCUT2D eigenvalue weighted by atomic mass is 9.98. The van der Waals surface area contributed by atoms with Gasteiger partial charge in [0.15, 0.2) is 0 Å². The van der Waals surface area contributed by atoms with Gasteiger partial charge in [-0.2, -0.15) is 5.26 Å². The van der Waals surface area contributed by atoms with Crippen molar-refractivity contribution in [2.75, 3.05) is 33.5 Å². The SMILES string of the molecule is CCNC(C)(C#N)CCCOCCCOC. The van der Waals surface area contributed by atoms with E-state index in [0.29, 0.717) is 6.61 Å². The molecule has 0 aromatic rings. The molecule has 0 saturated carbocycles. The minimum Gasteiger partial charge on any atom is -0.385 e. The van der Waals surface area contributed by atoms with Crippen LogP contribution in [-0.4, -0.2) is 39.0 Å². The molecule has 0 aromatic heterocycles. The van der Waals surface area contributed by atoms with E-state index in [0.717, 1.165) is 39.0 Å². The average molecular weight is 228 g/mol. The molecule has 0 heterocycles. The number of nitriles is 1. The van der Waals surface area contributed by atoms with Gasteiger partial charge in [0.05, 0.1) is 6.07 Å². The van der Waals surface area contributed by atoms with Crippen molar-refractivity contribution < 1.29 is 9.47 Å². The quantitative estimate of drug-likeness (QED) is 0.578. The van der Waals surface area contributed by atoms with Gasteiger partial charge in [0.1, 0.15) is 5.54 Å². The minimum atomic E-state index is -0.412. The van der Waals surface area contributed by atoms with E-state index in [1.807, 2.05) is 13.8 Å². The normalized spacial score (nSPS) is 14.4. The first-order valence-corrected chi connectivity index (χ1v) is 5.91. The summed E-state index contributed by atoms with van der Waals surface area (Å²) in [7, 11) is 1.69. The summed E-state index contributed by atoms with van der Waals surface area (Å²) in [6, 6.07) is 2.30. The summed E-state index contributed by atoms with van der Waals surface area (Å²) in [4.78, 5) is 0. The van der Waals surface area contributed by atoms with Crippen LogP contribution in [0.3, 0.4) is 0 Å². The number of nitrogens with zero attached hydrogens (tertiary/aromatic N) is 1. The van der Waals surface area contributed by atoms with Crippen LogP contribution in [0.5, 0.6) is 0 Å². The lowest BCUT2D eigenvalue weighted by Crippen LogP contribution is -2.40. The first-order valence-electron chi connectivity index (χ1n) is 5.91. The van der Waals surface area contributed by atoms with Crippen molar-refractivity contribution in [1.82, 2.24) is 5.32 Å². The van der Waals surface area contributed by atoms with Crippen LogP contribution < -0.4 is 5.32 Å². The molecule has 4 nitrogen and oxygen atoms in total. The molecule has 0 radical (unpaired) electrons. The molecule has 0 saturated heterocycles. The zero-order valence-corrected chi connectivity index (χ0v) is 10.7. The lowest BCUT2D eigenvalue weighted by molar-refractivity contribution is 0.0979. The molecule has 0 aromatic carbocycles. The molecule has 94 valence electrons. The molecular formula is C12H24N2O2. The van der Waals surface area contributed by atoms with Crippen LogP contribution in [0.2, 0.25) is 0 Å². The second kappa shape index (κ2) is 9.59. The van der Waals surface area contributed by atoms with Gasteiger partial charge in [0.25, 0.3) is 0 Å². The first kappa shape index (κ1) is 15.4. The highest BCUT2D eigenvalue weighted by atomic mass is 16.5. The van der Waals surface area contributed by atoms with Crippen LogP contribution >= 0.6 is 0 Å². The topological polar surface area (TPSA) is 54.3 Å². The first-order chi connectivity index (χ1) is 7.68. The van der Waals surface area contributed by atoms with Crippen molar-refractivity contribution in [2.24, 2.45) is 0 Å². The molecule has 0 spiro atoms. The smallest absolute Gasteiger partial charge is 0.104 e. The maximum absolute atomic E-state index is 9.02. The summed E-state index contributed by atoms with van der Waals surface area (Å²) in [5.74, 6) is 0. The van der Waals surface area contributed by atoms with Crippen molar-refractivity contribution in [2.45, 2.75) is 38.6 Å². The molecule has 0 bridgehead atoms. The lowest BCUT2D eigenvalue weighted by Gasteiger charge is -2.22. The number of hydrogen-bond acceptors (Lipinski definition) is 4. The highest BCUT2D eigenvalue weighted by Gasteiger charge is 2.21. The summed E-state index contributed by atoms with van der Waals surface area (Å²) in [5.41, 5.74) is -0.412. The van der Waals surface area contributed by atoms with Gasteiger partial charge in [0.2, 0.25) is 0 Å². The Morgan fingerprint density at radius 3 is 2.50 bits per heavy atom. The molecule has 1 atom stereocenters. The Bertz CT molecular complexity index is 204. The van der Waals surface area contributed by atoms with E-state index >= 15 is 0 Å². The Morgan fingerprint density at radius 1 is 1.25 bits per heavy atom. The summed E-state index contributed by atoms with van der Waals surface area (Å²) >= 11 is 0. The van der Waals surface area contributed by atoms with E-state index in [9.17, 15) is 0 Å². The third-order valence-corrected chi connectivity index (χ3v) is 2.42. The van der Waals surface area contributed by atoms with E-state index in [1.54, 1.807) is 7.11 Å². The van der Waals surface area contributed by atoms with Gasteiger partial charge in [0, 0.05) is 26.9 Å². The summed E-state index contributed by atoms with van der Waals surface area (Å²) in [6.45, 7) is 6.95. The van der Waals surface area contributed by atoms with Crippen LogP contribution in [0.15, 0.2) is 0 Å². The summed E-state index contributed by atoms with van der Waals surface area (Å²) < 4.78 is 10.4. The summed E-state index contributed by atoms with van der Waals surface area (Å²) in [6.07, 6.45) is 2.66. The van der Waals surface area contributed by atoms with Gasteiger partial charge in [-0.3, -0.25) is 5.32 Å². The van der Waals surface area contributed by atoms with Gasteiger partial charge < -0.3 is 9.47 Å². The van der Waals surface area contributed by atoms with Crippen LogP contribution in [-0.2, 0) is 9.47 Å². The summed E-state index contributed by atoms with van der Waals surface area (Å²) in [5, 5.41) is 12.2. The van der Waals surface area contributed by atoms with Crippen molar-refractivity contribution in [3.63, 3.8) is 0 Å². The van der Waals surface area contributed by atoms with E-state index in [4.69, 9.17) is 14.7 Å². The monoisotopic (exact) mass is 228 g/mol. The second-order valence-corrected chi connectivity index (χ2v) is 4.04. The maximum atomic E-state index is 9.02. The Kier molecular flexibility index (Phi) is 9.21. The van der Waals surface area contributed by atoms with Gasteiger partial charge in [-0.1, -0.05) is 6.92 Å². The fourth-order valence-electron chi connectivity index (χ4n) is 1.51. The molecule has 4 heteroatoms. The Hall–Kier alpha value is -0.630. The van der Waals surface area contributed by atoms with Crippen molar-refractivity contribution in [3.8, 4) is 6.07 Å². The van der Waals surface area contributed by atoms with Crippen LogP contribution in [0.1, 0.15) is 33.1 Å². The van der Waals surface area contributed by atoms with Crippen molar-refractivity contribution >= 4 is 0 Å². The number of ether oxygens (including phenoxy) is 2.